The molecule has 0 radical (unpaired) electrons. The van der Waals surface area contributed by atoms with Crippen molar-refractivity contribution in [2.45, 2.75) is 24.3 Å². The predicted molar refractivity (Wildman–Crippen MR) is 78.1 cm³/mol. The third-order valence-corrected chi connectivity index (χ3v) is 4.06. The van der Waals surface area contributed by atoms with Crippen LogP contribution in [0.15, 0.2) is 36.4 Å². The molecule has 0 bridgehead atoms. The molecule has 2 aromatic carbocycles. The van der Waals surface area contributed by atoms with Crippen LogP contribution in [0.1, 0.15) is 24.5 Å². The summed E-state index contributed by atoms with van der Waals surface area (Å²) in [4.78, 5) is 0. The fourth-order valence-corrected chi connectivity index (χ4v) is 2.81. The quantitative estimate of drug-likeness (QED) is 0.761. The molecule has 2 nitrogen and oxygen atoms in total. The number of benzene rings is 2. The Hall–Kier alpha value is -1.25. The van der Waals surface area contributed by atoms with E-state index in [4.69, 9.17) is 21.1 Å². The Kier molecular flexibility index (Phi) is 3.63. The maximum Gasteiger partial charge on any atom is 0.119 e. The zero-order chi connectivity index (χ0) is 13.2. The number of rotatable bonds is 2. The van der Waals surface area contributed by atoms with E-state index in [1.54, 1.807) is 7.11 Å². The average Bonchev–Trinajstić information content (AvgIpc) is 2.46. The van der Waals surface area contributed by atoms with Gasteiger partial charge in [-0.2, -0.15) is 0 Å². The van der Waals surface area contributed by atoms with Gasteiger partial charge in [-0.3, -0.25) is 0 Å². The Morgan fingerprint density at radius 2 is 1.95 bits per heavy atom. The van der Waals surface area contributed by atoms with Gasteiger partial charge in [-0.25, -0.2) is 0 Å². The lowest BCUT2D eigenvalue weighted by Crippen LogP contribution is -2.19. The number of methoxy groups -OCH3 is 1. The maximum absolute atomic E-state index is 6.22. The van der Waals surface area contributed by atoms with Crippen molar-refractivity contribution in [2.24, 2.45) is 0 Å². The van der Waals surface area contributed by atoms with Gasteiger partial charge in [-0.15, -0.1) is 11.6 Å². The van der Waals surface area contributed by atoms with Gasteiger partial charge in [0.1, 0.15) is 5.75 Å². The van der Waals surface area contributed by atoms with Crippen LogP contribution in [0.5, 0.6) is 5.75 Å². The van der Waals surface area contributed by atoms with Crippen LogP contribution in [0.2, 0.25) is 0 Å². The fourth-order valence-electron chi connectivity index (χ4n) is 2.56. The van der Waals surface area contributed by atoms with Crippen molar-refractivity contribution in [2.75, 3.05) is 13.7 Å². The second kappa shape index (κ2) is 5.40. The van der Waals surface area contributed by atoms with E-state index in [1.807, 2.05) is 12.1 Å². The lowest BCUT2D eigenvalue weighted by molar-refractivity contribution is 0.0169. The lowest BCUT2D eigenvalue weighted by Gasteiger charge is -2.26. The van der Waals surface area contributed by atoms with Crippen LogP contribution in [0.3, 0.4) is 0 Å². The molecular weight excluding hydrogens is 260 g/mol. The van der Waals surface area contributed by atoms with Crippen molar-refractivity contribution >= 4 is 22.4 Å². The van der Waals surface area contributed by atoms with Crippen LogP contribution in [0.25, 0.3) is 10.8 Å². The molecule has 0 amide bonds. The van der Waals surface area contributed by atoms with Gasteiger partial charge in [-0.1, -0.05) is 18.2 Å². The Morgan fingerprint density at radius 1 is 1.16 bits per heavy atom. The Bertz CT molecular complexity index is 582. The zero-order valence-corrected chi connectivity index (χ0v) is 11.7. The van der Waals surface area contributed by atoms with Crippen LogP contribution >= 0.6 is 11.6 Å². The molecule has 2 aromatic rings. The first-order valence-corrected chi connectivity index (χ1v) is 7.03. The average molecular weight is 277 g/mol. The molecule has 1 heterocycles. The largest absolute Gasteiger partial charge is 0.497 e. The molecule has 0 aliphatic carbocycles. The molecule has 1 saturated heterocycles. The minimum atomic E-state index is 0.128. The summed E-state index contributed by atoms with van der Waals surface area (Å²) < 4.78 is 11.1. The summed E-state index contributed by atoms with van der Waals surface area (Å²) in [6.45, 7) is 0.749. The topological polar surface area (TPSA) is 18.5 Å². The molecule has 0 spiro atoms. The van der Waals surface area contributed by atoms with Crippen molar-refractivity contribution < 1.29 is 9.47 Å². The SMILES string of the molecule is COc1ccc2cc(C3CC(Cl)CCO3)ccc2c1. The van der Waals surface area contributed by atoms with Gasteiger partial charge >= 0.3 is 0 Å². The molecule has 3 rings (SSSR count). The molecule has 0 aromatic heterocycles. The molecule has 2 unspecified atom stereocenters. The molecule has 19 heavy (non-hydrogen) atoms. The standard InChI is InChI=1S/C16H17ClO2/c1-18-15-5-4-11-8-13(3-2-12(11)9-15)16-10-14(17)6-7-19-16/h2-5,8-9,14,16H,6-7,10H2,1H3. The highest BCUT2D eigenvalue weighted by Crippen LogP contribution is 2.32. The summed E-state index contributed by atoms with van der Waals surface area (Å²) in [7, 11) is 1.69. The van der Waals surface area contributed by atoms with Crippen LogP contribution in [0.4, 0.5) is 0 Å². The van der Waals surface area contributed by atoms with Crippen molar-refractivity contribution in [3.05, 3.63) is 42.0 Å². The highest BCUT2D eigenvalue weighted by Gasteiger charge is 2.22. The van der Waals surface area contributed by atoms with Gasteiger partial charge in [0.15, 0.2) is 0 Å². The Morgan fingerprint density at radius 3 is 2.74 bits per heavy atom. The lowest BCUT2D eigenvalue weighted by atomic mass is 9.98. The minimum Gasteiger partial charge on any atom is -0.497 e. The van der Waals surface area contributed by atoms with Gasteiger partial charge in [0.05, 0.1) is 13.2 Å². The van der Waals surface area contributed by atoms with E-state index in [1.165, 1.54) is 16.3 Å². The molecule has 1 aliphatic heterocycles. The first-order valence-electron chi connectivity index (χ1n) is 6.59. The third-order valence-electron chi connectivity index (χ3n) is 3.66. The maximum atomic E-state index is 6.22. The summed E-state index contributed by atoms with van der Waals surface area (Å²) in [5.74, 6) is 0.884. The van der Waals surface area contributed by atoms with E-state index in [9.17, 15) is 0 Å². The summed E-state index contributed by atoms with van der Waals surface area (Å²) in [5.41, 5.74) is 1.21. The number of hydrogen-bond donors (Lipinski definition) is 0. The van der Waals surface area contributed by atoms with Crippen LogP contribution in [-0.2, 0) is 4.74 Å². The summed E-state index contributed by atoms with van der Waals surface area (Å²) >= 11 is 6.22. The number of fused-ring (bicyclic) bond motifs is 1. The van der Waals surface area contributed by atoms with Gasteiger partial charge in [-0.05, 0) is 47.4 Å². The predicted octanol–water partition coefficient (Wildman–Crippen LogP) is 4.31. The molecular formula is C16H17ClO2. The number of alkyl halides is 1. The van der Waals surface area contributed by atoms with Crippen molar-refractivity contribution in [3.63, 3.8) is 0 Å². The minimum absolute atomic E-state index is 0.128. The van der Waals surface area contributed by atoms with E-state index in [0.717, 1.165) is 25.2 Å². The van der Waals surface area contributed by atoms with Crippen molar-refractivity contribution in [1.29, 1.82) is 0 Å². The van der Waals surface area contributed by atoms with E-state index in [0.29, 0.717) is 0 Å². The van der Waals surface area contributed by atoms with Crippen LogP contribution in [0, 0.1) is 0 Å². The van der Waals surface area contributed by atoms with Crippen molar-refractivity contribution in [1.82, 2.24) is 0 Å². The highest BCUT2D eigenvalue weighted by molar-refractivity contribution is 6.20. The molecule has 0 saturated carbocycles. The Labute approximate surface area is 118 Å². The Balaban J connectivity index is 1.93. The first-order chi connectivity index (χ1) is 9.26. The summed E-state index contributed by atoms with van der Waals surface area (Å²) in [6.07, 6.45) is 1.97. The molecule has 0 N–H and O–H groups in total. The molecule has 3 heteroatoms. The fraction of sp³-hybridized carbons (Fsp3) is 0.375. The molecule has 1 aliphatic rings. The van der Waals surface area contributed by atoms with Crippen LogP contribution < -0.4 is 4.74 Å². The smallest absolute Gasteiger partial charge is 0.119 e. The molecule has 100 valence electrons. The van der Waals surface area contributed by atoms with E-state index < -0.39 is 0 Å². The number of hydrogen-bond acceptors (Lipinski definition) is 2. The van der Waals surface area contributed by atoms with E-state index >= 15 is 0 Å². The molecule has 2 atom stereocenters. The second-order valence-electron chi connectivity index (χ2n) is 4.95. The van der Waals surface area contributed by atoms with Gasteiger partial charge < -0.3 is 9.47 Å². The number of halogens is 1. The summed E-state index contributed by atoms with van der Waals surface area (Å²) in [6, 6.07) is 12.5. The number of ether oxygens (including phenoxy) is 2. The van der Waals surface area contributed by atoms with Gasteiger partial charge in [0.2, 0.25) is 0 Å². The van der Waals surface area contributed by atoms with Crippen LogP contribution in [-0.4, -0.2) is 19.1 Å². The first kappa shape index (κ1) is 12.8. The normalized spacial score (nSPS) is 23.5. The third kappa shape index (κ3) is 2.70. The van der Waals surface area contributed by atoms with Gasteiger partial charge in [0.25, 0.3) is 0 Å². The monoisotopic (exact) mass is 276 g/mol. The highest BCUT2D eigenvalue weighted by atomic mass is 35.5. The van der Waals surface area contributed by atoms with Gasteiger partial charge in [0, 0.05) is 12.0 Å². The summed E-state index contributed by atoms with van der Waals surface area (Å²) in [5, 5.41) is 2.62. The van der Waals surface area contributed by atoms with E-state index in [-0.39, 0.29) is 11.5 Å². The van der Waals surface area contributed by atoms with Crippen molar-refractivity contribution in [3.8, 4) is 5.75 Å². The molecule has 1 fully saturated rings. The zero-order valence-electron chi connectivity index (χ0n) is 10.9. The second-order valence-corrected chi connectivity index (χ2v) is 5.57. The van der Waals surface area contributed by atoms with E-state index in [2.05, 4.69) is 24.3 Å².